The Bertz CT molecular complexity index is 570. The van der Waals surface area contributed by atoms with Gasteiger partial charge in [-0.05, 0) is 37.4 Å². The highest BCUT2D eigenvalue weighted by atomic mass is 32.2. The number of rotatable bonds is 6. The normalized spacial score (nSPS) is 12.4. The molecule has 1 unspecified atom stereocenters. The van der Waals surface area contributed by atoms with Gasteiger partial charge >= 0.3 is 0 Å². The highest BCUT2D eigenvalue weighted by Crippen LogP contribution is 2.37. The zero-order chi connectivity index (χ0) is 14.5. The van der Waals surface area contributed by atoms with Crippen molar-refractivity contribution in [2.75, 3.05) is 13.7 Å². The van der Waals surface area contributed by atoms with Gasteiger partial charge in [-0.2, -0.15) is 0 Å². The van der Waals surface area contributed by atoms with Gasteiger partial charge in [0, 0.05) is 23.5 Å². The van der Waals surface area contributed by atoms with Gasteiger partial charge in [-0.25, -0.2) is 0 Å². The van der Waals surface area contributed by atoms with E-state index in [-0.39, 0.29) is 6.04 Å². The quantitative estimate of drug-likeness (QED) is 0.887. The molecule has 0 aliphatic rings. The Morgan fingerprint density at radius 3 is 2.85 bits per heavy atom. The average Bonchev–Trinajstić information content (AvgIpc) is 2.84. The highest BCUT2D eigenvalue weighted by Gasteiger charge is 2.17. The molecule has 0 saturated carbocycles. The standard InChI is InChI=1S/C14H20N4OS/c1-5-15-10(2)13-11(19-4)7-6-8-12(13)20-14-17-16-9-18(14)3/h6-10,15H,5H2,1-4H3. The summed E-state index contributed by atoms with van der Waals surface area (Å²) in [5, 5.41) is 12.3. The number of methoxy groups -OCH3 is 1. The Morgan fingerprint density at radius 2 is 2.25 bits per heavy atom. The molecule has 0 fully saturated rings. The van der Waals surface area contributed by atoms with Crippen molar-refractivity contribution < 1.29 is 4.74 Å². The summed E-state index contributed by atoms with van der Waals surface area (Å²) in [6.07, 6.45) is 1.70. The molecule has 1 heterocycles. The molecule has 0 saturated heterocycles. The van der Waals surface area contributed by atoms with Crippen LogP contribution < -0.4 is 10.1 Å². The van der Waals surface area contributed by atoms with Gasteiger partial charge in [-0.1, -0.05) is 13.0 Å². The summed E-state index contributed by atoms with van der Waals surface area (Å²) in [6, 6.07) is 6.29. The summed E-state index contributed by atoms with van der Waals surface area (Å²) in [5.74, 6) is 0.894. The van der Waals surface area contributed by atoms with Gasteiger partial charge in [0.15, 0.2) is 5.16 Å². The zero-order valence-corrected chi connectivity index (χ0v) is 13.1. The summed E-state index contributed by atoms with van der Waals surface area (Å²) >= 11 is 1.60. The number of aromatic nitrogens is 3. The van der Waals surface area contributed by atoms with Crippen molar-refractivity contribution in [1.82, 2.24) is 20.1 Å². The number of nitrogens with one attached hydrogen (secondary N) is 1. The predicted molar refractivity (Wildman–Crippen MR) is 80.2 cm³/mol. The lowest BCUT2D eigenvalue weighted by atomic mass is 10.1. The van der Waals surface area contributed by atoms with E-state index in [4.69, 9.17) is 4.74 Å². The van der Waals surface area contributed by atoms with Gasteiger partial charge in [0.05, 0.1) is 7.11 Å². The molecular formula is C14H20N4OS. The molecule has 20 heavy (non-hydrogen) atoms. The molecule has 0 spiro atoms. The average molecular weight is 292 g/mol. The molecule has 0 radical (unpaired) electrons. The van der Waals surface area contributed by atoms with E-state index in [1.165, 1.54) is 0 Å². The van der Waals surface area contributed by atoms with Crippen LogP contribution in [0.5, 0.6) is 5.75 Å². The van der Waals surface area contributed by atoms with Crippen LogP contribution in [0, 0.1) is 0 Å². The van der Waals surface area contributed by atoms with Crippen LogP contribution in [0.15, 0.2) is 34.6 Å². The fraction of sp³-hybridized carbons (Fsp3) is 0.429. The lowest BCUT2D eigenvalue weighted by Crippen LogP contribution is -2.19. The minimum Gasteiger partial charge on any atom is -0.496 e. The first kappa shape index (κ1) is 14.9. The van der Waals surface area contributed by atoms with Crippen molar-refractivity contribution in [2.24, 2.45) is 7.05 Å². The molecule has 1 atom stereocenters. The van der Waals surface area contributed by atoms with Gasteiger partial charge in [0.25, 0.3) is 0 Å². The molecule has 6 heteroatoms. The molecule has 0 bridgehead atoms. The Morgan fingerprint density at radius 1 is 1.45 bits per heavy atom. The summed E-state index contributed by atoms with van der Waals surface area (Å²) in [7, 11) is 3.64. The third-order valence-corrected chi connectivity index (χ3v) is 4.19. The molecule has 108 valence electrons. The molecule has 0 aliphatic carbocycles. The number of nitrogens with zero attached hydrogens (tertiary/aromatic N) is 3. The number of hydrogen-bond donors (Lipinski definition) is 1. The van der Waals surface area contributed by atoms with E-state index in [1.807, 2.05) is 23.7 Å². The Balaban J connectivity index is 2.39. The topological polar surface area (TPSA) is 52.0 Å². The minimum absolute atomic E-state index is 0.215. The van der Waals surface area contributed by atoms with E-state index >= 15 is 0 Å². The second-order valence-electron chi connectivity index (χ2n) is 4.48. The summed E-state index contributed by atoms with van der Waals surface area (Å²) < 4.78 is 7.42. The van der Waals surface area contributed by atoms with Crippen molar-refractivity contribution in [3.05, 3.63) is 30.1 Å². The van der Waals surface area contributed by atoms with E-state index in [1.54, 1.807) is 25.2 Å². The molecule has 1 aromatic carbocycles. The first-order valence-electron chi connectivity index (χ1n) is 6.59. The summed E-state index contributed by atoms with van der Waals surface area (Å²) in [6.45, 7) is 5.15. The van der Waals surface area contributed by atoms with Crippen LogP contribution in [0.4, 0.5) is 0 Å². The van der Waals surface area contributed by atoms with Gasteiger partial charge in [0.2, 0.25) is 0 Å². The minimum atomic E-state index is 0.215. The molecular weight excluding hydrogens is 272 g/mol. The van der Waals surface area contributed by atoms with E-state index in [9.17, 15) is 0 Å². The van der Waals surface area contributed by atoms with Crippen molar-refractivity contribution >= 4 is 11.8 Å². The maximum Gasteiger partial charge on any atom is 0.195 e. The zero-order valence-electron chi connectivity index (χ0n) is 12.3. The molecule has 2 rings (SSSR count). The summed E-state index contributed by atoms with van der Waals surface area (Å²) in [5.41, 5.74) is 1.16. The van der Waals surface area contributed by atoms with Crippen molar-refractivity contribution in [1.29, 1.82) is 0 Å². The Kier molecular flexibility index (Phi) is 5.03. The van der Waals surface area contributed by atoms with Gasteiger partial charge in [-0.3, -0.25) is 0 Å². The fourth-order valence-electron chi connectivity index (χ4n) is 2.09. The predicted octanol–water partition coefficient (Wildman–Crippen LogP) is 2.65. The number of aryl methyl sites for hydroxylation is 1. The number of ether oxygens (including phenoxy) is 1. The van der Waals surface area contributed by atoms with E-state index in [0.717, 1.165) is 27.9 Å². The lowest BCUT2D eigenvalue weighted by Gasteiger charge is -2.19. The van der Waals surface area contributed by atoms with Crippen LogP contribution in [0.2, 0.25) is 0 Å². The first-order valence-corrected chi connectivity index (χ1v) is 7.41. The van der Waals surface area contributed by atoms with Gasteiger partial charge in [-0.15, -0.1) is 10.2 Å². The van der Waals surface area contributed by atoms with E-state index in [2.05, 4.69) is 35.4 Å². The van der Waals surface area contributed by atoms with Crippen LogP contribution in [-0.2, 0) is 7.05 Å². The largest absolute Gasteiger partial charge is 0.496 e. The number of benzene rings is 1. The monoisotopic (exact) mass is 292 g/mol. The van der Waals surface area contributed by atoms with Crippen molar-refractivity contribution in [3.8, 4) is 5.75 Å². The van der Waals surface area contributed by atoms with E-state index in [0.29, 0.717) is 0 Å². The molecule has 0 aliphatic heterocycles. The third kappa shape index (κ3) is 3.13. The molecule has 0 amide bonds. The molecule has 1 aromatic heterocycles. The van der Waals surface area contributed by atoms with Crippen molar-refractivity contribution in [2.45, 2.75) is 29.9 Å². The van der Waals surface area contributed by atoms with Crippen LogP contribution in [0.3, 0.4) is 0 Å². The maximum atomic E-state index is 5.51. The smallest absolute Gasteiger partial charge is 0.195 e. The highest BCUT2D eigenvalue weighted by molar-refractivity contribution is 7.99. The second kappa shape index (κ2) is 6.76. The van der Waals surface area contributed by atoms with Gasteiger partial charge in [0.1, 0.15) is 12.1 Å². The second-order valence-corrected chi connectivity index (χ2v) is 5.49. The van der Waals surface area contributed by atoms with E-state index < -0.39 is 0 Å². The first-order chi connectivity index (χ1) is 9.67. The lowest BCUT2D eigenvalue weighted by molar-refractivity contribution is 0.400. The fourth-order valence-corrected chi connectivity index (χ4v) is 3.10. The summed E-state index contributed by atoms with van der Waals surface area (Å²) in [4.78, 5) is 1.13. The SMILES string of the molecule is CCNC(C)c1c(OC)cccc1Sc1nncn1C. The van der Waals surface area contributed by atoms with Crippen LogP contribution in [-0.4, -0.2) is 28.4 Å². The molecule has 2 aromatic rings. The maximum absolute atomic E-state index is 5.51. The molecule has 5 nitrogen and oxygen atoms in total. The number of hydrogen-bond acceptors (Lipinski definition) is 5. The van der Waals surface area contributed by atoms with Crippen LogP contribution in [0.25, 0.3) is 0 Å². The Labute approximate surface area is 123 Å². The molecule has 1 N–H and O–H groups in total. The van der Waals surface area contributed by atoms with Crippen LogP contribution >= 0.6 is 11.8 Å². The Hall–Kier alpha value is -1.53. The van der Waals surface area contributed by atoms with Crippen molar-refractivity contribution in [3.63, 3.8) is 0 Å². The van der Waals surface area contributed by atoms with Gasteiger partial charge < -0.3 is 14.6 Å². The third-order valence-electron chi connectivity index (χ3n) is 3.06. The van der Waals surface area contributed by atoms with Crippen LogP contribution in [0.1, 0.15) is 25.5 Å².